The second-order valence-electron chi connectivity index (χ2n) is 5.31. The molecule has 0 spiro atoms. The third-order valence-electron chi connectivity index (χ3n) is 3.73. The van der Waals surface area contributed by atoms with Gasteiger partial charge in [0.2, 0.25) is 11.8 Å². The van der Waals surface area contributed by atoms with Gasteiger partial charge >= 0.3 is 0 Å². The van der Waals surface area contributed by atoms with Crippen LogP contribution in [-0.2, 0) is 9.59 Å². The lowest BCUT2D eigenvalue weighted by molar-refractivity contribution is -0.118. The van der Waals surface area contributed by atoms with Crippen molar-refractivity contribution in [2.45, 2.75) is 31.2 Å². The van der Waals surface area contributed by atoms with Crippen molar-refractivity contribution in [1.29, 1.82) is 0 Å². The molecule has 0 bridgehead atoms. The van der Waals surface area contributed by atoms with Crippen LogP contribution in [0, 0.1) is 0 Å². The van der Waals surface area contributed by atoms with E-state index >= 15 is 0 Å². The van der Waals surface area contributed by atoms with Crippen molar-refractivity contribution in [3.63, 3.8) is 0 Å². The van der Waals surface area contributed by atoms with Gasteiger partial charge in [-0.15, -0.1) is 0 Å². The Hall–Kier alpha value is -1.88. The summed E-state index contributed by atoms with van der Waals surface area (Å²) in [7, 11) is 0. The zero-order valence-corrected chi connectivity index (χ0v) is 10.7. The molecule has 0 aromatic heterocycles. The van der Waals surface area contributed by atoms with Gasteiger partial charge in [0.15, 0.2) is 0 Å². The number of amides is 2. The van der Waals surface area contributed by atoms with Gasteiger partial charge in [-0.3, -0.25) is 9.59 Å². The lowest BCUT2D eigenvalue weighted by Gasteiger charge is -2.17. The van der Waals surface area contributed by atoms with E-state index in [1.54, 1.807) is 4.90 Å². The van der Waals surface area contributed by atoms with Crippen molar-refractivity contribution in [1.82, 2.24) is 0 Å². The average Bonchev–Trinajstić information content (AvgIpc) is 3.00. The fraction of sp³-hybridized carbons (Fsp3) is 0.429. The lowest BCUT2D eigenvalue weighted by atomic mass is 10.2. The Balaban J connectivity index is 1.76. The highest BCUT2D eigenvalue weighted by atomic mass is 16.2. The van der Waals surface area contributed by atoms with E-state index in [-0.39, 0.29) is 11.8 Å². The summed E-state index contributed by atoms with van der Waals surface area (Å²) in [5, 5.41) is 2.82. The summed E-state index contributed by atoms with van der Waals surface area (Å²) >= 11 is 0. The highest BCUT2D eigenvalue weighted by Crippen LogP contribution is 2.33. The van der Waals surface area contributed by atoms with Crippen LogP contribution in [0.3, 0.4) is 0 Å². The van der Waals surface area contributed by atoms with Crippen LogP contribution in [0.25, 0.3) is 0 Å². The van der Waals surface area contributed by atoms with Gasteiger partial charge < -0.3 is 16.0 Å². The van der Waals surface area contributed by atoms with Gasteiger partial charge in [0, 0.05) is 24.3 Å². The van der Waals surface area contributed by atoms with Gasteiger partial charge in [0.25, 0.3) is 0 Å². The first-order valence-corrected chi connectivity index (χ1v) is 6.59. The topological polar surface area (TPSA) is 75.4 Å². The molecular formula is C14H17N3O2. The molecule has 2 fully saturated rings. The normalized spacial score (nSPS) is 20.5. The van der Waals surface area contributed by atoms with Crippen molar-refractivity contribution in [2.75, 3.05) is 16.8 Å². The largest absolute Gasteiger partial charge is 0.324 e. The average molecular weight is 259 g/mol. The van der Waals surface area contributed by atoms with Gasteiger partial charge in [-0.2, -0.15) is 0 Å². The van der Waals surface area contributed by atoms with Gasteiger partial charge in [-0.05, 0) is 37.5 Å². The number of carbonyl (C=O) groups excluding carboxylic acids is 2. The molecule has 1 aromatic carbocycles. The van der Waals surface area contributed by atoms with Crippen molar-refractivity contribution in [3.05, 3.63) is 24.3 Å². The molecule has 3 N–H and O–H groups in total. The predicted molar refractivity (Wildman–Crippen MR) is 72.8 cm³/mol. The van der Waals surface area contributed by atoms with Crippen LogP contribution in [-0.4, -0.2) is 23.9 Å². The third kappa shape index (κ3) is 2.33. The Morgan fingerprint density at radius 1 is 1.37 bits per heavy atom. The predicted octanol–water partition coefficient (Wildman–Crippen LogP) is 1.24. The molecule has 1 aliphatic carbocycles. The maximum atomic E-state index is 11.9. The maximum Gasteiger partial charge on any atom is 0.244 e. The molecule has 5 heteroatoms. The van der Waals surface area contributed by atoms with Crippen molar-refractivity contribution < 1.29 is 9.59 Å². The van der Waals surface area contributed by atoms with Crippen LogP contribution in [0.4, 0.5) is 11.4 Å². The Labute approximate surface area is 111 Å². The molecule has 1 aliphatic heterocycles. The molecular weight excluding hydrogens is 242 g/mol. The van der Waals surface area contributed by atoms with E-state index in [0.717, 1.165) is 31.5 Å². The van der Waals surface area contributed by atoms with Crippen LogP contribution < -0.4 is 16.0 Å². The minimum absolute atomic E-state index is 0.140. The zero-order chi connectivity index (χ0) is 13.5. The molecule has 5 nitrogen and oxygen atoms in total. The SMILES string of the molecule is NC1(C(=O)Nc2cccc(N3CCCC3=O)c2)CC1. The number of nitrogens with two attached hydrogens (primary N) is 1. The van der Waals surface area contributed by atoms with E-state index in [1.165, 1.54) is 0 Å². The van der Waals surface area contributed by atoms with Crippen LogP contribution in [0.5, 0.6) is 0 Å². The van der Waals surface area contributed by atoms with E-state index in [1.807, 2.05) is 24.3 Å². The van der Waals surface area contributed by atoms with Gasteiger partial charge in [-0.25, -0.2) is 0 Å². The van der Waals surface area contributed by atoms with Crippen LogP contribution in [0.2, 0.25) is 0 Å². The molecule has 19 heavy (non-hydrogen) atoms. The lowest BCUT2D eigenvalue weighted by Crippen LogP contribution is -2.37. The molecule has 2 amide bonds. The number of anilines is 2. The minimum Gasteiger partial charge on any atom is -0.324 e. The number of carbonyl (C=O) groups is 2. The minimum atomic E-state index is -0.681. The fourth-order valence-corrected chi connectivity index (χ4v) is 2.29. The molecule has 1 heterocycles. The number of hydrogen-bond acceptors (Lipinski definition) is 3. The third-order valence-corrected chi connectivity index (χ3v) is 3.73. The summed E-state index contributed by atoms with van der Waals surface area (Å²) in [5.74, 6) is -0.00152. The first kappa shape index (κ1) is 12.2. The highest BCUT2D eigenvalue weighted by molar-refractivity contribution is 6.01. The molecule has 1 saturated carbocycles. The summed E-state index contributed by atoms with van der Waals surface area (Å²) in [6.45, 7) is 0.747. The summed E-state index contributed by atoms with van der Waals surface area (Å²) in [5.41, 5.74) is 6.69. The van der Waals surface area contributed by atoms with E-state index in [4.69, 9.17) is 5.73 Å². The Kier molecular flexibility index (Phi) is 2.78. The first-order valence-electron chi connectivity index (χ1n) is 6.59. The van der Waals surface area contributed by atoms with E-state index in [9.17, 15) is 9.59 Å². The van der Waals surface area contributed by atoms with Gasteiger partial charge in [-0.1, -0.05) is 6.07 Å². The summed E-state index contributed by atoms with van der Waals surface area (Å²) in [4.78, 5) is 25.3. The number of hydrogen-bond donors (Lipinski definition) is 2. The standard InChI is InChI=1S/C14H17N3O2/c15-14(6-7-14)13(19)16-10-3-1-4-11(9-10)17-8-2-5-12(17)18/h1,3-4,9H,2,5-8,15H2,(H,16,19). The van der Waals surface area contributed by atoms with Crippen LogP contribution in [0.15, 0.2) is 24.3 Å². The van der Waals surface area contributed by atoms with Crippen LogP contribution >= 0.6 is 0 Å². The van der Waals surface area contributed by atoms with E-state index in [0.29, 0.717) is 12.1 Å². The fourth-order valence-electron chi connectivity index (χ4n) is 2.29. The number of benzene rings is 1. The molecule has 0 radical (unpaired) electrons. The zero-order valence-electron chi connectivity index (χ0n) is 10.7. The van der Waals surface area contributed by atoms with Crippen molar-refractivity contribution in [2.24, 2.45) is 5.73 Å². The molecule has 0 atom stereocenters. The Morgan fingerprint density at radius 2 is 2.16 bits per heavy atom. The molecule has 0 unspecified atom stereocenters. The Morgan fingerprint density at radius 3 is 2.79 bits per heavy atom. The second kappa shape index (κ2) is 4.35. The molecule has 1 saturated heterocycles. The molecule has 2 aliphatic rings. The van der Waals surface area contributed by atoms with Gasteiger partial charge in [0.1, 0.15) is 0 Å². The summed E-state index contributed by atoms with van der Waals surface area (Å²) < 4.78 is 0. The molecule has 1 aromatic rings. The van der Waals surface area contributed by atoms with Crippen molar-refractivity contribution in [3.8, 4) is 0 Å². The second-order valence-corrected chi connectivity index (χ2v) is 5.31. The summed E-state index contributed by atoms with van der Waals surface area (Å²) in [6.07, 6.45) is 2.97. The Bertz CT molecular complexity index is 537. The van der Waals surface area contributed by atoms with Crippen molar-refractivity contribution >= 4 is 23.2 Å². The monoisotopic (exact) mass is 259 g/mol. The molecule has 100 valence electrons. The van der Waals surface area contributed by atoms with E-state index < -0.39 is 5.54 Å². The highest BCUT2D eigenvalue weighted by Gasteiger charge is 2.45. The van der Waals surface area contributed by atoms with Crippen LogP contribution in [0.1, 0.15) is 25.7 Å². The maximum absolute atomic E-state index is 11.9. The number of rotatable bonds is 3. The number of nitrogens with one attached hydrogen (secondary N) is 1. The van der Waals surface area contributed by atoms with Gasteiger partial charge in [0.05, 0.1) is 5.54 Å². The first-order chi connectivity index (χ1) is 9.08. The van der Waals surface area contributed by atoms with E-state index in [2.05, 4.69) is 5.32 Å². The summed E-state index contributed by atoms with van der Waals surface area (Å²) in [6, 6.07) is 7.36. The molecule has 3 rings (SSSR count). The smallest absolute Gasteiger partial charge is 0.244 e. The number of nitrogens with zero attached hydrogens (tertiary/aromatic N) is 1. The quantitative estimate of drug-likeness (QED) is 0.857.